The molecule has 0 spiro atoms. The molecule has 0 atom stereocenters. The van der Waals surface area contributed by atoms with Crippen LogP contribution < -0.4 is 0 Å². The second kappa shape index (κ2) is 5.39. The summed E-state index contributed by atoms with van der Waals surface area (Å²) in [6.45, 7) is 2.95. The minimum Gasteiger partial charge on any atom is -0.419 e. The number of rotatable bonds is 1. The standard InChI is InChI=1S/C13H9BrCl2O4/c1-13(2)19-11(17)7(12(18)20-13)3-6-4-10(16)8(14)5-9(6)15/h3-5H,1-2H3. The van der Waals surface area contributed by atoms with Crippen molar-refractivity contribution in [3.63, 3.8) is 0 Å². The Morgan fingerprint density at radius 1 is 1.10 bits per heavy atom. The molecule has 1 aliphatic heterocycles. The van der Waals surface area contributed by atoms with Gasteiger partial charge in [0.25, 0.3) is 5.79 Å². The van der Waals surface area contributed by atoms with Crippen molar-refractivity contribution in [3.8, 4) is 0 Å². The number of cyclic esters (lactones) is 2. The van der Waals surface area contributed by atoms with E-state index in [-0.39, 0.29) is 5.57 Å². The maximum Gasteiger partial charge on any atom is 0.348 e. The van der Waals surface area contributed by atoms with Crippen molar-refractivity contribution < 1.29 is 19.1 Å². The molecule has 1 aromatic rings. The molecular formula is C13H9BrCl2O4. The zero-order chi connectivity index (χ0) is 15.1. The van der Waals surface area contributed by atoms with Crippen LogP contribution in [0.2, 0.25) is 10.0 Å². The monoisotopic (exact) mass is 378 g/mol. The molecule has 2 rings (SSSR count). The largest absolute Gasteiger partial charge is 0.419 e. The molecule has 0 bridgehead atoms. The first-order valence-electron chi connectivity index (χ1n) is 5.52. The van der Waals surface area contributed by atoms with Gasteiger partial charge >= 0.3 is 11.9 Å². The molecule has 1 heterocycles. The highest BCUT2D eigenvalue weighted by Gasteiger charge is 2.38. The molecule has 0 saturated carbocycles. The van der Waals surface area contributed by atoms with Gasteiger partial charge in [-0.15, -0.1) is 0 Å². The molecule has 0 unspecified atom stereocenters. The smallest absolute Gasteiger partial charge is 0.348 e. The molecule has 4 nitrogen and oxygen atoms in total. The van der Waals surface area contributed by atoms with Crippen LogP contribution in [0.15, 0.2) is 22.2 Å². The Kier molecular flexibility index (Phi) is 4.14. The van der Waals surface area contributed by atoms with E-state index in [0.29, 0.717) is 20.1 Å². The summed E-state index contributed by atoms with van der Waals surface area (Å²) in [5.74, 6) is -2.80. The number of hydrogen-bond donors (Lipinski definition) is 0. The average Bonchev–Trinajstić information content (AvgIpc) is 2.28. The van der Waals surface area contributed by atoms with Crippen LogP contribution in [0.5, 0.6) is 0 Å². The number of esters is 2. The lowest BCUT2D eigenvalue weighted by Gasteiger charge is -2.29. The van der Waals surface area contributed by atoms with Crippen LogP contribution in [0.1, 0.15) is 19.4 Å². The average molecular weight is 380 g/mol. The zero-order valence-electron chi connectivity index (χ0n) is 10.5. The van der Waals surface area contributed by atoms with E-state index in [9.17, 15) is 9.59 Å². The predicted octanol–water partition coefficient (Wildman–Crippen LogP) is 3.98. The van der Waals surface area contributed by atoms with E-state index in [1.54, 1.807) is 6.07 Å². The molecule has 1 aliphatic rings. The van der Waals surface area contributed by atoms with Gasteiger partial charge in [-0.05, 0) is 39.7 Å². The summed E-state index contributed by atoms with van der Waals surface area (Å²) >= 11 is 15.2. The van der Waals surface area contributed by atoms with Crippen LogP contribution in [0.4, 0.5) is 0 Å². The normalized spacial score (nSPS) is 17.6. The predicted molar refractivity (Wildman–Crippen MR) is 78.4 cm³/mol. The lowest BCUT2D eigenvalue weighted by Crippen LogP contribution is -2.41. The van der Waals surface area contributed by atoms with E-state index in [4.69, 9.17) is 32.7 Å². The van der Waals surface area contributed by atoms with Crippen molar-refractivity contribution in [2.45, 2.75) is 19.6 Å². The quantitative estimate of drug-likeness (QED) is 0.320. The number of carbonyl (C=O) groups excluding carboxylic acids is 2. The van der Waals surface area contributed by atoms with Crippen molar-refractivity contribution in [1.29, 1.82) is 0 Å². The molecule has 0 aromatic heterocycles. The molecule has 106 valence electrons. The molecule has 0 radical (unpaired) electrons. The summed E-state index contributed by atoms with van der Waals surface area (Å²) in [6, 6.07) is 3.10. The van der Waals surface area contributed by atoms with E-state index in [2.05, 4.69) is 15.9 Å². The Balaban J connectivity index is 2.43. The van der Waals surface area contributed by atoms with Gasteiger partial charge in [0.05, 0.1) is 5.02 Å². The highest BCUT2D eigenvalue weighted by molar-refractivity contribution is 9.10. The van der Waals surface area contributed by atoms with E-state index in [1.807, 2.05) is 0 Å². The summed E-state index contributed by atoms with van der Waals surface area (Å²) in [6.07, 6.45) is 1.29. The fourth-order valence-corrected chi connectivity index (χ4v) is 2.45. The molecule has 1 saturated heterocycles. The summed E-state index contributed by atoms with van der Waals surface area (Å²) in [4.78, 5) is 23.6. The molecule has 0 amide bonds. The van der Waals surface area contributed by atoms with Crippen LogP contribution in [-0.2, 0) is 19.1 Å². The molecule has 0 aliphatic carbocycles. The van der Waals surface area contributed by atoms with Crippen LogP contribution in [0.3, 0.4) is 0 Å². The second-order valence-corrected chi connectivity index (χ2v) is 6.19. The molecule has 1 fully saturated rings. The van der Waals surface area contributed by atoms with Gasteiger partial charge in [0.1, 0.15) is 5.57 Å². The van der Waals surface area contributed by atoms with Gasteiger partial charge in [0.15, 0.2) is 0 Å². The van der Waals surface area contributed by atoms with E-state index in [0.717, 1.165) is 0 Å². The van der Waals surface area contributed by atoms with Crippen molar-refractivity contribution in [1.82, 2.24) is 0 Å². The lowest BCUT2D eigenvalue weighted by molar-refractivity contribution is -0.222. The second-order valence-electron chi connectivity index (χ2n) is 4.52. The fourth-order valence-electron chi connectivity index (χ4n) is 1.58. The minimum absolute atomic E-state index is 0.232. The number of halogens is 3. The highest BCUT2D eigenvalue weighted by Crippen LogP contribution is 2.32. The molecule has 0 N–H and O–H groups in total. The van der Waals surface area contributed by atoms with E-state index in [1.165, 1.54) is 26.0 Å². The van der Waals surface area contributed by atoms with Gasteiger partial charge < -0.3 is 9.47 Å². The first kappa shape index (κ1) is 15.4. The third kappa shape index (κ3) is 3.16. The summed E-state index contributed by atoms with van der Waals surface area (Å²) in [7, 11) is 0. The first-order valence-corrected chi connectivity index (χ1v) is 7.07. The Morgan fingerprint density at radius 2 is 1.65 bits per heavy atom. The third-order valence-corrected chi connectivity index (χ3v) is 3.98. The molecule has 7 heteroatoms. The summed E-state index contributed by atoms with van der Waals surface area (Å²) in [5.41, 5.74) is 0.188. The molecule has 20 heavy (non-hydrogen) atoms. The van der Waals surface area contributed by atoms with Gasteiger partial charge in [0, 0.05) is 23.3 Å². The Hall–Kier alpha value is -1.04. The van der Waals surface area contributed by atoms with Crippen LogP contribution in [0.25, 0.3) is 6.08 Å². The number of carbonyl (C=O) groups is 2. The third-order valence-electron chi connectivity index (χ3n) is 2.46. The summed E-state index contributed by atoms with van der Waals surface area (Å²) < 4.78 is 10.6. The maximum atomic E-state index is 11.8. The topological polar surface area (TPSA) is 52.6 Å². The van der Waals surface area contributed by atoms with Crippen molar-refractivity contribution in [3.05, 3.63) is 37.8 Å². The Labute approximate surface area is 133 Å². The maximum absolute atomic E-state index is 11.8. The number of hydrogen-bond acceptors (Lipinski definition) is 4. The van der Waals surface area contributed by atoms with Crippen molar-refractivity contribution in [2.75, 3.05) is 0 Å². The van der Waals surface area contributed by atoms with Crippen LogP contribution in [0, 0.1) is 0 Å². The van der Waals surface area contributed by atoms with Gasteiger partial charge in [-0.1, -0.05) is 23.2 Å². The first-order chi connectivity index (χ1) is 9.19. The van der Waals surface area contributed by atoms with Crippen molar-refractivity contribution in [2.24, 2.45) is 0 Å². The van der Waals surface area contributed by atoms with Gasteiger partial charge in [0.2, 0.25) is 0 Å². The number of benzene rings is 1. The van der Waals surface area contributed by atoms with Gasteiger partial charge in [-0.3, -0.25) is 0 Å². The van der Waals surface area contributed by atoms with Crippen LogP contribution in [-0.4, -0.2) is 17.7 Å². The van der Waals surface area contributed by atoms with Crippen molar-refractivity contribution >= 4 is 57.1 Å². The van der Waals surface area contributed by atoms with Gasteiger partial charge in [-0.25, -0.2) is 9.59 Å². The lowest BCUT2D eigenvalue weighted by atomic mass is 10.1. The van der Waals surface area contributed by atoms with Gasteiger partial charge in [-0.2, -0.15) is 0 Å². The Morgan fingerprint density at radius 3 is 2.20 bits per heavy atom. The minimum atomic E-state index is -1.27. The molecular weight excluding hydrogens is 371 g/mol. The summed E-state index contributed by atoms with van der Waals surface area (Å²) in [5, 5.41) is 0.735. The van der Waals surface area contributed by atoms with E-state index < -0.39 is 17.7 Å². The zero-order valence-corrected chi connectivity index (χ0v) is 13.6. The SMILES string of the molecule is CC1(C)OC(=O)C(=Cc2cc(Cl)c(Br)cc2Cl)C(=O)O1. The number of ether oxygens (including phenoxy) is 2. The van der Waals surface area contributed by atoms with E-state index >= 15 is 0 Å². The van der Waals surface area contributed by atoms with Crippen LogP contribution >= 0.6 is 39.1 Å². The Bertz CT molecular complexity index is 616. The fraction of sp³-hybridized carbons (Fsp3) is 0.231. The highest BCUT2D eigenvalue weighted by atomic mass is 79.9. The molecule has 1 aromatic carbocycles.